The van der Waals surface area contributed by atoms with Crippen LogP contribution < -0.4 is 10.6 Å². The largest absolute Gasteiger partial charge is 0.353 e. The van der Waals surface area contributed by atoms with E-state index < -0.39 is 0 Å². The summed E-state index contributed by atoms with van der Waals surface area (Å²) >= 11 is 1.86. The molecule has 6 heteroatoms. The first kappa shape index (κ1) is 22.4. The van der Waals surface area contributed by atoms with Crippen molar-refractivity contribution in [3.63, 3.8) is 0 Å². The van der Waals surface area contributed by atoms with E-state index in [1.54, 1.807) is 0 Å². The Morgan fingerprint density at radius 1 is 1.10 bits per heavy atom. The molecule has 0 bridgehead atoms. The van der Waals surface area contributed by atoms with Gasteiger partial charge in [-0.15, -0.1) is 11.8 Å². The maximum Gasteiger partial charge on any atom is 0.225 e. The van der Waals surface area contributed by atoms with Gasteiger partial charge in [0.15, 0.2) is 0 Å². The van der Waals surface area contributed by atoms with Crippen LogP contribution in [0.25, 0.3) is 0 Å². The van der Waals surface area contributed by atoms with Gasteiger partial charge in [0.2, 0.25) is 11.8 Å². The normalized spacial score (nSPS) is 40.7. The third kappa shape index (κ3) is 4.69. The van der Waals surface area contributed by atoms with Gasteiger partial charge >= 0.3 is 0 Å². The van der Waals surface area contributed by atoms with Gasteiger partial charge in [-0.25, -0.2) is 0 Å². The summed E-state index contributed by atoms with van der Waals surface area (Å²) in [6, 6.07) is 0.634. The molecule has 0 aromatic carbocycles. The van der Waals surface area contributed by atoms with Crippen LogP contribution in [0, 0.1) is 29.6 Å². The third-order valence-electron chi connectivity index (χ3n) is 8.71. The van der Waals surface area contributed by atoms with Crippen molar-refractivity contribution in [1.82, 2.24) is 15.5 Å². The van der Waals surface area contributed by atoms with Crippen molar-refractivity contribution >= 4 is 23.6 Å². The van der Waals surface area contributed by atoms with Gasteiger partial charge in [-0.1, -0.05) is 26.2 Å². The standard InChI is InChI=1S/C24H41N3O2S/c1-15-9-10-18(26-23(28)16-7-5-4-6-8-16)12-19(15)20-11-17-14-25-22(30-3)13-21(17)27(2)24(20)29/h15-22,25H,4-14H2,1-3H3,(H,26,28). The first-order chi connectivity index (χ1) is 14.5. The van der Waals surface area contributed by atoms with Crippen LogP contribution in [0.4, 0.5) is 0 Å². The second-order valence-electron chi connectivity index (χ2n) is 10.5. The highest BCUT2D eigenvalue weighted by atomic mass is 32.2. The van der Waals surface area contributed by atoms with E-state index in [0.717, 1.165) is 51.5 Å². The van der Waals surface area contributed by atoms with Crippen LogP contribution in [0.5, 0.6) is 0 Å². The van der Waals surface area contributed by atoms with Crippen molar-refractivity contribution in [2.75, 3.05) is 19.8 Å². The summed E-state index contributed by atoms with van der Waals surface area (Å²) in [6.45, 7) is 3.35. The molecule has 2 saturated carbocycles. The lowest BCUT2D eigenvalue weighted by molar-refractivity contribution is -0.148. The minimum Gasteiger partial charge on any atom is -0.353 e. The van der Waals surface area contributed by atoms with Crippen molar-refractivity contribution in [2.24, 2.45) is 29.6 Å². The maximum absolute atomic E-state index is 13.4. The van der Waals surface area contributed by atoms with Crippen molar-refractivity contribution < 1.29 is 9.59 Å². The second-order valence-corrected chi connectivity index (χ2v) is 11.5. The quantitative estimate of drug-likeness (QED) is 0.708. The lowest BCUT2D eigenvalue weighted by atomic mass is 9.66. The molecule has 170 valence electrons. The van der Waals surface area contributed by atoms with Crippen LogP contribution >= 0.6 is 11.8 Å². The smallest absolute Gasteiger partial charge is 0.225 e. The van der Waals surface area contributed by atoms with E-state index in [0.29, 0.717) is 35.1 Å². The van der Waals surface area contributed by atoms with Gasteiger partial charge in [0.25, 0.3) is 0 Å². The molecule has 2 amide bonds. The zero-order valence-electron chi connectivity index (χ0n) is 19.1. The monoisotopic (exact) mass is 435 g/mol. The van der Waals surface area contributed by atoms with Gasteiger partial charge < -0.3 is 15.5 Å². The van der Waals surface area contributed by atoms with Crippen LogP contribution in [0.3, 0.4) is 0 Å². The van der Waals surface area contributed by atoms with E-state index in [9.17, 15) is 9.59 Å². The third-order valence-corrected chi connectivity index (χ3v) is 9.64. The number of nitrogens with one attached hydrogen (secondary N) is 2. The molecule has 2 N–H and O–H groups in total. The fourth-order valence-electron chi connectivity index (χ4n) is 6.75. The Morgan fingerprint density at radius 3 is 2.60 bits per heavy atom. The molecule has 2 aliphatic heterocycles. The summed E-state index contributed by atoms with van der Waals surface area (Å²) in [5, 5.41) is 7.54. The summed E-state index contributed by atoms with van der Waals surface area (Å²) in [6.07, 6.45) is 13.1. The number of nitrogens with zero attached hydrogens (tertiary/aromatic N) is 1. The van der Waals surface area contributed by atoms with Crippen LogP contribution in [0.2, 0.25) is 0 Å². The summed E-state index contributed by atoms with van der Waals surface area (Å²) < 4.78 is 0. The summed E-state index contributed by atoms with van der Waals surface area (Å²) in [7, 11) is 2.03. The number of fused-ring (bicyclic) bond motifs is 1. The number of hydrogen-bond donors (Lipinski definition) is 2. The second kappa shape index (κ2) is 9.81. The van der Waals surface area contributed by atoms with E-state index in [1.807, 2.05) is 18.8 Å². The van der Waals surface area contributed by atoms with Crippen LogP contribution in [-0.4, -0.2) is 54.0 Å². The highest BCUT2D eigenvalue weighted by Crippen LogP contribution is 2.43. The van der Waals surface area contributed by atoms with E-state index in [1.165, 1.54) is 19.3 Å². The van der Waals surface area contributed by atoms with Crippen molar-refractivity contribution in [3.05, 3.63) is 0 Å². The number of thioether (sulfide) groups is 1. The Hall–Kier alpha value is -0.750. The van der Waals surface area contributed by atoms with Gasteiger partial charge in [-0.05, 0) is 69.0 Å². The fourth-order valence-corrected chi connectivity index (χ4v) is 7.40. The van der Waals surface area contributed by atoms with E-state index in [-0.39, 0.29) is 23.8 Å². The van der Waals surface area contributed by atoms with Crippen LogP contribution in [-0.2, 0) is 9.59 Å². The molecule has 2 aliphatic carbocycles. The molecular formula is C24H41N3O2S. The Labute approximate surface area is 186 Å². The van der Waals surface area contributed by atoms with Gasteiger partial charge in [-0.3, -0.25) is 9.59 Å². The zero-order chi connectivity index (χ0) is 21.3. The summed E-state index contributed by atoms with van der Waals surface area (Å²) in [4.78, 5) is 28.3. The number of amides is 2. The Kier molecular flexibility index (Phi) is 7.34. The molecule has 30 heavy (non-hydrogen) atoms. The first-order valence-corrected chi connectivity index (χ1v) is 13.6. The molecule has 4 fully saturated rings. The molecule has 7 unspecified atom stereocenters. The lowest BCUT2D eigenvalue weighted by Crippen LogP contribution is -2.60. The molecule has 0 aromatic heterocycles. The van der Waals surface area contributed by atoms with Crippen LogP contribution in [0.1, 0.15) is 71.1 Å². The Morgan fingerprint density at radius 2 is 1.87 bits per heavy atom. The molecule has 5 nitrogen and oxygen atoms in total. The number of rotatable bonds is 4. The van der Waals surface area contributed by atoms with Crippen molar-refractivity contribution in [3.8, 4) is 0 Å². The maximum atomic E-state index is 13.4. The number of hydrogen-bond acceptors (Lipinski definition) is 4. The number of carbonyl (C=O) groups excluding carboxylic acids is 2. The SMILES string of the molecule is CSC1CC2C(CN1)CC(C1CC(NC(=O)C3CCCCC3)CCC1C)C(=O)N2C. The topological polar surface area (TPSA) is 61.4 Å². The minimum atomic E-state index is 0.119. The Bertz CT molecular complexity index is 624. The fraction of sp³-hybridized carbons (Fsp3) is 0.917. The summed E-state index contributed by atoms with van der Waals surface area (Å²) in [5.41, 5.74) is 0. The Balaban J connectivity index is 1.39. The van der Waals surface area contributed by atoms with Gasteiger partial charge in [0.1, 0.15) is 0 Å². The zero-order valence-corrected chi connectivity index (χ0v) is 19.9. The van der Waals surface area contributed by atoms with Gasteiger partial charge in [0, 0.05) is 37.5 Å². The molecule has 4 rings (SSSR count). The number of carbonyl (C=O) groups is 2. The average molecular weight is 436 g/mol. The number of piperidine rings is 2. The molecule has 0 spiro atoms. The number of likely N-dealkylation sites (tertiary alicyclic amines) is 1. The predicted molar refractivity (Wildman–Crippen MR) is 123 cm³/mol. The molecule has 4 aliphatic rings. The van der Waals surface area contributed by atoms with Gasteiger partial charge in [-0.2, -0.15) is 0 Å². The molecular weight excluding hydrogens is 394 g/mol. The molecule has 0 aromatic rings. The van der Waals surface area contributed by atoms with Gasteiger partial charge in [0.05, 0.1) is 5.37 Å². The van der Waals surface area contributed by atoms with E-state index >= 15 is 0 Å². The lowest BCUT2D eigenvalue weighted by Gasteiger charge is -2.50. The predicted octanol–water partition coefficient (Wildman–Crippen LogP) is 3.63. The van der Waals surface area contributed by atoms with Crippen molar-refractivity contribution in [1.29, 1.82) is 0 Å². The minimum absolute atomic E-state index is 0.119. The molecule has 2 heterocycles. The van der Waals surface area contributed by atoms with Crippen molar-refractivity contribution in [2.45, 2.75) is 88.6 Å². The molecule has 0 radical (unpaired) electrons. The van der Waals surface area contributed by atoms with Crippen LogP contribution in [0.15, 0.2) is 0 Å². The van der Waals surface area contributed by atoms with E-state index in [4.69, 9.17) is 0 Å². The summed E-state index contributed by atoms with van der Waals surface area (Å²) in [5.74, 6) is 2.48. The highest BCUT2D eigenvalue weighted by Gasteiger charge is 2.47. The average Bonchev–Trinajstić information content (AvgIpc) is 2.78. The highest BCUT2D eigenvalue weighted by molar-refractivity contribution is 7.99. The molecule has 7 atom stereocenters. The first-order valence-electron chi connectivity index (χ1n) is 12.3. The van der Waals surface area contributed by atoms with E-state index in [2.05, 4.69) is 28.7 Å². The molecule has 2 saturated heterocycles.